The smallest absolute Gasteiger partial charge is 0.273 e. The second-order valence-corrected chi connectivity index (χ2v) is 5.56. The van der Waals surface area contributed by atoms with Gasteiger partial charge < -0.3 is 0 Å². The van der Waals surface area contributed by atoms with Crippen LogP contribution in [0.25, 0.3) is 28.1 Å². The molecule has 4 aromatic rings. The van der Waals surface area contributed by atoms with Gasteiger partial charge in [0.25, 0.3) is 5.65 Å². The maximum Gasteiger partial charge on any atom is 0.350 e. The van der Waals surface area contributed by atoms with Gasteiger partial charge in [-0.05, 0) is 42.5 Å². The van der Waals surface area contributed by atoms with E-state index in [2.05, 4.69) is 21.1 Å². The average molecular weight is 291 g/mol. The van der Waals surface area contributed by atoms with Gasteiger partial charge in [0.15, 0.2) is 0 Å². The summed E-state index contributed by atoms with van der Waals surface area (Å²) in [6.07, 6.45) is 2.00. The van der Waals surface area contributed by atoms with Crippen molar-refractivity contribution in [3.8, 4) is 11.3 Å². The Morgan fingerprint density at radius 2 is 2.05 bits per heavy atom. The Hall–Kier alpha value is -2.68. The lowest BCUT2D eigenvalue weighted by molar-refractivity contribution is -0.635. The largest absolute Gasteiger partial charge is 0.350 e. The molecule has 3 nitrogen and oxygen atoms in total. The van der Waals surface area contributed by atoms with E-state index in [9.17, 15) is 0 Å². The molecule has 0 radical (unpaired) electrons. The van der Waals surface area contributed by atoms with Crippen LogP contribution in [0.5, 0.6) is 0 Å². The van der Waals surface area contributed by atoms with Crippen molar-refractivity contribution >= 4 is 16.8 Å². The first-order valence-electron chi connectivity index (χ1n) is 8.73. The van der Waals surface area contributed by atoms with Crippen LogP contribution >= 0.6 is 0 Å². The topological polar surface area (TPSA) is 21.2 Å². The lowest BCUT2D eigenvalue weighted by atomic mass is 10.0. The van der Waals surface area contributed by atoms with Crippen LogP contribution in [0.1, 0.15) is 15.2 Å². The highest BCUT2D eigenvalue weighted by atomic mass is 15.1. The molecule has 0 amide bonds. The van der Waals surface area contributed by atoms with Crippen LogP contribution in [0, 0.1) is 13.8 Å². The number of pyridine rings is 2. The van der Waals surface area contributed by atoms with E-state index in [1.54, 1.807) is 12.1 Å². The Bertz CT molecular complexity index is 1110. The number of hydrogen-bond donors (Lipinski definition) is 0. The average Bonchev–Trinajstić information content (AvgIpc) is 2.95. The highest BCUT2D eigenvalue weighted by molar-refractivity contribution is 5.76. The van der Waals surface area contributed by atoms with Crippen molar-refractivity contribution in [3.63, 3.8) is 0 Å². The van der Waals surface area contributed by atoms with Gasteiger partial charge in [-0.3, -0.25) is 4.40 Å². The Balaban J connectivity index is 1.93. The molecule has 4 rings (SSSR count). The molecule has 0 atom stereocenters. The van der Waals surface area contributed by atoms with E-state index in [4.69, 9.17) is 9.10 Å². The zero-order valence-electron chi connectivity index (χ0n) is 15.5. The summed E-state index contributed by atoms with van der Waals surface area (Å²) in [6, 6.07) is 15.4. The van der Waals surface area contributed by atoms with E-state index < -0.39 is 6.85 Å². The molecule has 0 spiro atoms. The van der Waals surface area contributed by atoms with Gasteiger partial charge in [-0.25, -0.2) is 4.57 Å². The second kappa shape index (κ2) is 4.67. The molecule has 3 heteroatoms. The predicted octanol–water partition coefficient (Wildman–Crippen LogP) is 3.60. The number of aryl methyl sites for hydroxylation is 3. The third-order valence-corrected chi connectivity index (χ3v) is 4.13. The summed E-state index contributed by atoms with van der Waals surface area (Å²) < 4.78 is 26.8. The molecular weight excluding hydrogens is 270 g/mol. The molecule has 108 valence electrons. The molecule has 22 heavy (non-hydrogen) atoms. The predicted molar refractivity (Wildman–Crippen MR) is 88.8 cm³/mol. The summed E-state index contributed by atoms with van der Waals surface area (Å²) in [6.45, 7) is -0.143. The van der Waals surface area contributed by atoms with Crippen molar-refractivity contribution < 1.29 is 8.68 Å². The number of hydrogen-bond acceptors (Lipinski definition) is 1. The van der Waals surface area contributed by atoms with Crippen LogP contribution in [0.15, 0.2) is 54.7 Å². The minimum Gasteiger partial charge on any atom is -0.273 e. The monoisotopic (exact) mass is 291 g/mol. The fraction of sp³-hybridized carbons (Fsp3) is 0.158. The van der Waals surface area contributed by atoms with Crippen molar-refractivity contribution in [3.05, 3.63) is 65.9 Å². The molecule has 0 saturated heterocycles. The van der Waals surface area contributed by atoms with Crippen molar-refractivity contribution in [1.82, 2.24) is 9.38 Å². The molecule has 0 bridgehead atoms. The van der Waals surface area contributed by atoms with Crippen LogP contribution in [0.4, 0.5) is 0 Å². The second-order valence-electron chi connectivity index (χ2n) is 5.56. The van der Waals surface area contributed by atoms with Gasteiger partial charge in [-0.2, -0.15) is 0 Å². The summed E-state index contributed by atoms with van der Waals surface area (Å²) >= 11 is 0. The fourth-order valence-corrected chi connectivity index (χ4v) is 3.01. The van der Waals surface area contributed by atoms with Gasteiger partial charge in [-0.1, -0.05) is 29.8 Å². The van der Waals surface area contributed by atoms with Crippen molar-refractivity contribution in [2.75, 3.05) is 0 Å². The molecule has 0 N–H and O–H groups in total. The minimum absolute atomic E-state index is 0.366. The maximum atomic E-state index is 7.57. The third-order valence-electron chi connectivity index (χ3n) is 4.13. The molecule has 0 saturated carbocycles. The summed E-state index contributed by atoms with van der Waals surface area (Å²) in [5.41, 5.74) is 6.15. The number of aromatic nitrogens is 3. The summed E-state index contributed by atoms with van der Waals surface area (Å²) in [4.78, 5) is 4.72. The van der Waals surface area contributed by atoms with E-state index in [0.717, 1.165) is 33.6 Å². The molecule has 0 aliphatic carbocycles. The third kappa shape index (κ3) is 1.82. The van der Waals surface area contributed by atoms with Crippen LogP contribution in [-0.2, 0) is 7.05 Å². The molecule has 0 aliphatic heterocycles. The van der Waals surface area contributed by atoms with E-state index in [-0.39, 0.29) is 0 Å². The van der Waals surface area contributed by atoms with Gasteiger partial charge >= 0.3 is 5.65 Å². The van der Waals surface area contributed by atoms with Gasteiger partial charge in [-0.15, -0.1) is 0 Å². The molecule has 3 aromatic heterocycles. The Labute approximate surface area is 133 Å². The van der Waals surface area contributed by atoms with E-state index >= 15 is 0 Å². The van der Waals surface area contributed by atoms with E-state index in [1.165, 1.54) is 0 Å². The van der Waals surface area contributed by atoms with Crippen LogP contribution in [0.2, 0.25) is 0 Å². The number of nitrogens with zero attached hydrogens (tertiary/aromatic N) is 3. The Morgan fingerprint density at radius 1 is 1.14 bits per heavy atom. The highest BCUT2D eigenvalue weighted by Gasteiger charge is 2.19. The Morgan fingerprint density at radius 3 is 2.86 bits per heavy atom. The lowest BCUT2D eigenvalue weighted by Crippen LogP contribution is -2.32. The molecule has 0 aliphatic rings. The minimum atomic E-state index is -2.09. The first kappa shape index (κ1) is 10.1. The Kier molecular flexibility index (Phi) is 2.15. The van der Waals surface area contributed by atoms with Gasteiger partial charge in [0.1, 0.15) is 11.2 Å². The number of rotatable bonds is 1. The SMILES string of the molecule is [2H]C([2H])([2H])c1ccc(-c2ccc3c(nc4ccccn43)[n+]2C)c(C)c1. The lowest BCUT2D eigenvalue weighted by Gasteiger charge is -2.08. The van der Waals surface area contributed by atoms with Crippen LogP contribution in [0.3, 0.4) is 0 Å². The summed E-state index contributed by atoms with van der Waals surface area (Å²) in [7, 11) is 1.99. The summed E-state index contributed by atoms with van der Waals surface area (Å²) in [5.74, 6) is 0. The van der Waals surface area contributed by atoms with Crippen LogP contribution < -0.4 is 4.57 Å². The van der Waals surface area contributed by atoms with Crippen LogP contribution in [-0.4, -0.2) is 9.38 Å². The zero-order chi connectivity index (χ0) is 17.8. The van der Waals surface area contributed by atoms with E-state index in [1.807, 2.05) is 44.4 Å². The van der Waals surface area contributed by atoms with Gasteiger partial charge in [0.05, 0.1) is 7.05 Å². The number of benzene rings is 1. The zero-order valence-corrected chi connectivity index (χ0v) is 12.5. The van der Waals surface area contributed by atoms with Crippen molar-refractivity contribution in [1.29, 1.82) is 0 Å². The number of imidazole rings is 1. The molecule has 0 fully saturated rings. The quantitative estimate of drug-likeness (QED) is 0.491. The maximum absolute atomic E-state index is 7.57. The van der Waals surface area contributed by atoms with Crippen molar-refractivity contribution in [2.24, 2.45) is 7.05 Å². The molecule has 3 heterocycles. The summed E-state index contributed by atoms with van der Waals surface area (Å²) in [5, 5.41) is 0. The molecule has 1 aromatic carbocycles. The molecular formula is C19H18N3+. The molecule has 0 unspecified atom stereocenters. The first-order valence-corrected chi connectivity index (χ1v) is 7.23. The van der Waals surface area contributed by atoms with Gasteiger partial charge in [0, 0.05) is 21.9 Å². The van der Waals surface area contributed by atoms with E-state index in [0.29, 0.717) is 5.56 Å². The van der Waals surface area contributed by atoms with Crippen molar-refractivity contribution in [2.45, 2.75) is 13.8 Å². The fourth-order valence-electron chi connectivity index (χ4n) is 3.01. The first-order chi connectivity index (χ1) is 11.9. The highest BCUT2D eigenvalue weighted by Crippen LogP contribution is 2.23. The number of fused-ring (bicyclic) bond motifs is 3. The standard InChI is InChI=1S/C19H18N3/c1-13-7-8-15(14(2)12-13)16-9-10-17-19(21(16)3)20-18-6-4-5-11-22(17)18/h4-12H,1-3H3/q+1/i1D3. The van der Waals surface area contributed by atoms with Gasteiger partial charge in [0.2, 0.25) is 0 Å². The normalized spacial score (nSPS) is 14.0.